The monoisotopic (exact) mass is 376 g/mol. The summed E-state index contributed by atoms with van der Waals surface area (Å²) < 4.78 is 7.21. The first-order valence-electron chi connectivity index (χ1n) is 9.45. The quantitative estimate of drug-likeness (QED) is 0.728. The number of nitrogens with one attached hydrogen (secondary N) is 1. The van der Waals surface area contributed by atoms with Gasteiger partial charge in [-0.15, -0.1) is 0 Å². The number of methoxy groups -OCH3 is 1. The molecule has 1 aliphatic carbocycles. The first-order valence-corrected chi connectivity index (χ1v) is 9.45. The SMILES string of the molecule is COc1c(-c2ccc3c(c2)CCN3)ccn2c(=O)c(C(=O)O)cc(C3CC3)c12. The van der Waals surface area contributed by atoms with Crippen molar-refractivity contribution in [2.75, 3.05) is 19.0 Å². The van der Waals surface area contributed by atoms with E-state index in [1.807, 2.05) is 12.1 Å². The highest BCUT2D eigenvalue weighted by Gasteiger charge is 2.30. The van der Waals surface area contributed by atoms with Crippen LogP contribution in [-0.4, -0.2) is 29.1 Å². The molecule has 3 heterocycles. The van der Waals surface area contributed by atoms with Crippen LogP contribution in [0.4, 0.5) is 5.69 Å². The molecule has 1 aromatic carbocycles. The first-order chi connectivity index (χ1) is 13.6. The van der Waals surface area contributed by atoms with Crippen molar-refractivity contribution < 1.29 is 14.6 Å². The number of rotatable bonds is 4. The molecule has 2 N–H and O–H groups in total. The lowest BCUT2D eigenvalue weighted by Crippen LogP contribution is -2.23. The standard InChI is InChI=1S/C22H20N2O4/c1-28-20-15(13-4-5-18-14(10-13)6-8-23-18)7-9-24-19(20)16(12-2-3-12)11-17(21(24)25)22(26)27/h4-5,7,9-12,23H,2-3,6,8H2,1H3,(H,26,27). The first kappa shape index (κ1) is 16.9. The van der Waals surface area contributed by atoms with Gasteiger partial charge in [0, 0.05) is 24.0 Å². The van der Waals surface area contributed by atoms with Crippen LogP contribution in [0.3, 0.4) is 0 Å². The molecule has 142 valence electrons. The summed E-state index contributed by atoms with van der Waals surface area (Å²) in [5.74, 6) is -0.318. The van der Waals surface area contributed by atoms with Gasteiger partial charge in [-0.2, -0.15) is 0 Å². The summed E-state index contributed by atoms with van der Waals surface area (Å²) in [5.41, 5.74) is 5.17. The lowest BCUT2D eigenvalue weighted by atomic mass is 9.98. The maximum Gasteiger partial charge on any atom is 0.341 e. The molecular formula is C22H20N2O4. The summed E-state index contributed by atoms with van der Waals surface area (Å²) >= 11 is 0. The second-order valence-electron chi connectivity index (χ2n) is 7.43. The largest absolute Gasteiger partial charge is 0.494 e. The highest BCUT2D eigenvalue weighted by molar-refractivity contribution is 5.90. The molecule has 1 saturated carbocycles. The predicted octanol–water partition coefficient (Wildman–Crippen LogP) is 3.52. The van der Waals surface area contributed by atoms with Crippen LogP contribution in [0.25, 0.3) is 16.6 Å². The Hall–Kier alpha value is -3.28. The molecule has 0 radical (unpaired) electrons. The van der Waals surface area contributed by atoms with Gasteiger partial charge in [-0.05, 0) is 66.1 Å². The summed E-state index contributed by atoms with van der Waals surface area (Å²) in [5, 5.41) is 12.8. The molecule has 6 nitrogen and oxygen atoms in total. The summed E-state index contributed by atoms with van der Waals surface area (Å²) in [6.45, 7) is 0.937. The zero-order chi connectivity index (χ0) is 19.4. The number of benzene rings is 1. The summed E-state index contributed by atoms with van der Waals surface area (Å²) in [6.07, 6.45) is 4.63. The van der Waals surface area contributed by atoms with Crippen molar-refractivity contribution >= 4 is 17.2 Å². The molecule has 0 spiro atoms. The number of hydrogen-bond acceptors (Lipinski definition) is 4. The molecule has 0 saturated heterocycles. The van der Waals surface area contributed by atoms with E-state index in [0.717, 1.165) is 48.2 Å². The Morgan fingerprint density at radius 1 is 1.25 bits per heavy atom. The molecule has 6 heteroatoms. The molecule has 1 aliphatic heterocycles. The molecule has 0 bridgehead atoms. The van der Waals surface area contributed by atoms with Crippen molar-refractivity contribution in [3.63, 3.8) is 0 Å². The second-order valence-corrected chi connectivity index (χ2v) is 7.43. The molecule has 1 fully saturated rings. The Labute approximate surface area is 161 Å². The lowest BCUT2D eigenvalue weighted by molar-refractivity contribution is 0.0694. The van der Waals surface area contributed by atoms with Gasteiger partial charge < -0.3 is 15.2 Å². The van der Waals surface area contributed by atoms with Gasteiger partial charge in [-0.1, -0.05) is 6.07 Å². The van der Waals surface area contributed by atoms with Crippen molar-refractivity contribution in [1.82, 2.24) is 4.40 Å². The van der Waals surface area contributed by atoms with Crippen molar-refractivity contribution in [2.24, 2.45) is 0 Å². The normalized spacial score (nSPS) is 15.3. The van der Waals surface area contributed by atoms with Crippen LogP contribution in [0.5, 0.6) is 5.75 Å². The number of anilines is 1. The molecule has 0 atom stereocenters. The molecule has 0 unspecified atom stereocenters. The van der Waals surface area contributed by atoms with E-state index in [0.29, 0.717) is 11.3 Å². The van der Waals surface area contributed by atoms with Crippen molar-refractivity contribution in [2.45, 2.75) is 25.2 Å². The Morgan fingerprint density at radius 2 is 2.07 bits per heavy atom. The lowest BCUT2D eigenvalue weighted by Gasteiger charge is -2.17. The Morgan fingerprint density at radius 3 is 2.79 bits per heavy atom. The number of carbonyl (C=O) groups is 1. The van der Waals surface area contributed by atoms with E-state index >= 15 is 0 Å². The Bertz CT molecular complexity index is 1190. The van der Waals surface area contributed by atoms with Crippen LogP contribution >= 0.6 is 0 Å². The van der Waals surface area contributed by atoms with Gasteiger partial charge in [0.15, 0.2) is 5.75 Å². The number of ether oxygens (including phenoxy) is 1. The minimum absolute atomic E-state index is 0.196. The second kappa shape index (κ2) is 6.12. The minimum Gasteiger partial charge on any atom is -0.494 e. The smallest absolute Gasteiger partial charge is 0.341 e. The average molecular weight is 376 g/mol. The number of fused-ring (bicyclic) bond motifs is 2. The highest BCUT2D eigenvalue weighted by Crippen LogP contribution is 2.46. The van der Waals surface area contributed by atoms with Crippen molar-refractivity contribution in [3.8, 4) is 16.9 Å². The van der Waals surface area contributed by atoms with E-state index in [2.05, 4.69) is 17.4 Å². The Balaban J connectivity index is 1.81. The summed E-state index contributed by atoms with van der Waals surface area (Å²) in [7, 11) is 1.60. The van der Waals surface area contributed by atoms with Crippen LogP contribution in [0.15, 0.2) is 41.3 Å². The highest BCUT2D eigenvalue weighted by atomic mass is 16.5. The van der Waals surface area contributed by atoms with Gasteiger partial charge in [0.1, 0.15) is 5.56 Å². The summed E-state index contributed by atoms with van der Waals surface area (Å²) in [4.78, 5) is 24.3. The maximum absolute atomic E-state index is 12.8. The van der Waals surface area contributed by atoms with E-state index in [9.17, 15) is 14.7 Å². The maximum atomic E-state index is 12.8. The van der Waals surface area contributed by atoms with Gasteiger partial charge >= 0.3 is 5.97 Å². The number of pyridine rings is 2. The fourth-order valence-electron chi connectivity index (χ4n) is 4.16. The van der Waals surface area contributed by atoms with E-state index in [4.69, 9.17) is 4.74 Å². The van der Waals surface area contributed by atoms with E-state index in [-0.39, 0.29) is 11.5 Å². The average Bonchev–Trinajstić information content (AvgIpc) is 3.43. The van der Waals surface area contributed by atoms with Gasteiger partial charge in [0.25, 0.3) is 5.56 Å². The van der Waals surface area contributed by atoms with E-state index in [1.54, 1.807) is 13.3 Å². The minimum atomic E-state index is -1.20. The third kappa shape index (κ3) is 2.48. The molecule has 2 aliphatic rings. The molecule has 2 aromatic heterocycles. The number of nitrogens with zero attached hydrogens (tertiary/aromatic N) is 1. The van der Waals surface area contributed by atoms with Crippen LogP contribution in [0.1, 0.15) is 40.2 Å². The molecule has 5 rings (SSSR count). The predicted molar refractivity (Wildman–Crippen MR) is 107 cm³/mol. The third-order valence-electron chi connectivity index (χ3n) is 5.69. The van der Waals surface area contributed by atoms with Crippen molar-refractivity contribution in [1.29, 1.82) is 0 Å². The zero-order valence-electron chi connectivity index (χ0n) is 15.5. The molecular weight excluding hydrogens is 356 g/mol. The fourth-order valence-corrected chi connectivity index (χ4v) is 4.16. The number of aromatic carboxylic acids is 1. The number of aromatic nitrogens is 1. The fraction of sp³-hybridized carbons (Fsp3) is 0.273. The van der Waals surface area contributed by atoms with E-state index in [1.165, 1.54) is 16.0 Å². The van der Waals surface area contributed by atoms with Gasteiger partial charge in [-0.25, -0.2) is 4.79 Å². The topological polar surface area (TPSA) is 80.0 Å². The van der Waals surface area contributed by atoms with Gasteiger partial charge in [-0.3, -0.25) is 9.20 Å². The third-order valence-corrected chi connectivity index (χ3v) is 5.69. The molecule has 0 amide bonds. The van der Waals surface area contributed by atoms with Gasteiger partial charge in [0.2, 0.25) is 0 Å². The number of carboxylic acid groups (broad SMARTS) is 1. The molecule has 28 heavy (non-hydrogen) atoms. The van der Waals surface area contributed by atoms with Gasteiger partial charge in [0.05, 0.1) is 12.6 Å². The zero-order valence-corrected chi connectivity index (χ0v) is 15.5. The van der Waals surface area contributed by atoms with Crippen molar-refractivity contribution in [3.05, 3.63) is 63.6 Å². The van der Waals surface area contributed by atoms with Crippen LogP contribution in [-0.2, 0) is 6.42 Å². The Kier molecular flexibility index (Phi) is 3.69. The molecule has 3 aromatic rings. The van der Waals surface area contributed by atoms with Crippen LogP contribution < -0.4 is 15.6 Å². The van der Waals surface area contributed by atoms with Crippen LogP contribution in [0.2, 0.25) is 0 Å². The number of hydrogen-bond donors (Lipinski definition) is 2. The van der Waals surface area contributed by atoms with E-state index < -0.39 is 11.5 Å². The van der Waals surface area contributed by atoms with Crippen LogP contribution in [0, 0.1) is 0 Å². The number of carboxylic acids is 1. The summed E-state index contributed by atoms with van der Waals surface area (Å²) in [6, 6.07) is 9.65.